The van der Waals surface area contributed by atoms with Gasteiger partial charge in [-0.1, -0.05) is 6.92 Å². The highest BCUT2D eigenvalue weighted by Crippen LogP contribution is 2.44. The highest BCUT2D eigenvalue weighted by atomic mass is 19.1. The molecule has 102 valence electrons. The van der Waals surface area contributed by atoms with Crippen molar-refractivity contribution in [2.45, 2.75) is 38.5 Å². The normalized spacial score (nSPS) is 28.5. The van der Waals surface area contributed by atoms with Crippen LogP contribution in [0.25, 0.3) is 0 Å². The van der Waals surface area contributed by atoms with Gasteiger partial charge in [0.05, 0.1) is 6.04 Å². The van der Waals surface area contributed by atoms with Crippen LogP contribution in [0.1, 0.15) is 38.3 Å². The largest absolute Gasteiger partial charge is 0.468 e. The zero-order valence-electron chi connectivity index (χ0n) is 11.1. The first-order valence-electron chi connectivity index (χ1n) is 6.60. The van der Waals surface area contributed by atoms with E-state index in [1.165, 1.54) is 12.1 Å². The van der Waals surface area contributed by atoms with Crippen molar-refractivity contribution < 1.29 is 13.9 Å². The highest BCUT2D eigenvalue weighted by molar-refractivity contribution is 5.77. The van der Waals surface area contributed by atoms with Crippen LogP contribution >= 0.6 is 0 Å². The zero-order chi connectivity index (χ0) is 13.6. The molecule has 1 aromatic rings. The lowest BCUT2D eigenvalue weighted by molar-refractivity contribution is -0.0837. The first-order chi connectivity index (χ1) is 9.03. The van der Waals surface area contributed by atoms with Crippen LogP contribution in [0, 0.1) is 5.82 Å². The molecule has 4 nitrogen and oxygen atoms in total. The predicted molar refractivity (Wildman–Crippen MR) is 68.3 cm³/mol. The fraction of sp³-hybridized carbons (Fsp3) is 0.500. The van der Waals surface area contributed by atoms with Crippen molar-refractivity contribution in [1.29, 1.82) is 0 Å². The lowest BCUT2D eigenvalue weighted by atomic mass is 9.90. The topological polar surface area (TPSA) is 41.6 Å². The minimum atomic E-state index is -0.645. The fourth-order valence-electron chi connectivity index (χ4n) is 2.95. The molecule has 1 saturated heterocycles. The van der Waals surface area contributed by atoms with E-state index in [2.05, 4.69) is 5.32 Å². The van der Waals surface area contributed by atoms with Crippen LogP contribution in [0.4, 0.5) is 9.18 Å². The fourth-order valence-corrected chi connectivity index (χ4v) is 2.95. The number of hydrogen-bond donors (Lipinski definition) is 1. The smallest absolute Gasteiger partial charge is 0.320 e. The first kappa shape index (κ1) is 12.3. The summed E-state index contributed by atoms with van der Waals surface area (Å²) < 4.78 is 19.3. The molecule has 1 fully saturated rings. The summed E-state index contributed by atoms with van der Waals surface area (Å²) in [4.78, 5) is 13.9. The van der Waals surface area contributed by atoms with Gasteiger partial charge in [-0.15, -0.1) is 0 Å². The monoisotopic (exact) mass is 264 g/mol. The molecule has 0 aliphatic carbocycles. The molecular formula is C14H17FN2O2. The van der Waals surface area contributed by atoms with Crippen molar-refractivity contribution in [3.05, 3.63) is 29.6 Å². The van der Waals surface area contributed by atoms with Crippen molar-refractivity contribution in [3.8, 4) is 5.75 Å². The van der Waals surface area contributed by atoms with E-state index in [4.69, 9.17) is 4.74 Å². The van der Waals surface area contributed by atoms with E-state index in [0.29, 0.717) is 18.7 Å². The van der Waals surface area contributed by atoms with Crippen LogP contribution in [0.2, 0.25) is 0 Å². The van der Waals surface area contributed by atoms with Crippen molar-refractivity contribution >= 4 is 6.03 Å². The van der Waals surface area contributed by atoms with Gasteiger partial charge < -0.3 is 10.1 Å². The Kier molecular flexibility index (Phi) is 2.66. The number of hydrogen-bond acceptors (Lipinski definition) is 2. The van der Waals surface area contributed by atoms with Gasteiger partial charge >= 0.3 is 6.03 Å². The molecule has 3 rings (SSSR count). The van der Waals surface area contributed by atoms with Crippen molar-refractivity contribution in [1.82, 2.24) is 10.2 Å². The molecule has 0 saturated carbocycles. The van der Waals surface area contributed by atoms with Gasteiger partial charge in [0.15, 0.2) is 5.72 Å². The van der Waals surface area contributed by atoms with Crippen LogP contribution in [0.15, 0.2) is 18.2 Å². The standard InChI is InChI=1S/C14H17FN2O2/c1-3-6-17-13(18)16-11-8-14(17,2)19-12-5-4-9(15)7-10(11)12/h4-5,7,11H,3,6,8H2,1-2H3,(H,16,18). The molecule has 0 radical (unpaired) electrons. The lowest BCUT2D eigenvalue weighted by Gasteiger charge is -2.50. The molecule has 2 heterocycles. The molecule has 1 N–H and O–H groups in total. The maximum Gasteiger partial charge on any atom is 0.320 e. The number of halogens is 1. The Hall–Kier alpha value is -1.78. The van der Waals surface area contributed by atoms with Gasteiger partial charge in [-0.3, -0.25) is 4.90 Å². The number of carbonyl (C=O) groups excluding carboxylic acids is 1. The van der Waals surface area contributed by atoms with Gasteiger partial charge in [-0.05, 0) is 31.5 Å². The molecule has 2 atom stereocenters. The van der Waals surface area contributed by atoms with E-state index >= 15 is 0 Å². The number of amides is 2. The molecule has 0 aromatic heterocycles. The Morgan fingerprint density at radius 3 is 3.11 bits per heavy atom. The van der Waals surface area contributed by atoms with E-state index in [1.54, 1.807) is 11.0 Å². The average molecular weight is 264 g/mol. The molecular weight excluding hydrogens is 247 g/mol. The van der Waals surface area contributed by atoms with Crippen LogP contribution in [0.5, 0.6) is 5.75 Å². The van der Waals surface area contributed by atoms with Crippen molar-refractivity contribution in [2.75, 3.05) is 6.54 Å². The Balaban J connectivity index is 2.03. The SMILES string of the molecule is CCCN1C(=O)NC2CC1(C)Oc1ccc(F)cc12. The molecule has 2 amide bonds. The minimum Gasteiger partial charge on any atom is -0.468 e. The van der Waals surface area contributed by atoms with Crippen molar-refractivity contribution in [3.63, 3.8) is 0 Å². The van der Waals surface area contributed by atoms with Gasteiger partial charge in [0.1, 0.15) is 11.6 Å². The van der Waals surface area contributed by atoms with Crippen LogP contribution in [-0.4, -0.2) is 23.2 Å². The maximum atomic E-state index is 13.3. The van der Waals surface area contributed by atoms with Crippen LogP contribution in [0.3, 0.4) is 0 Å². The van der Waals surface area contributed by atoms with Gasteiger partial charge in [0, 0.05) is 18.5 Å². The van der Waals surface area contributed by atoms with E-state index in [1.807, 2.05) is 13.8 Å². The number of fused-ring (bicyclic) bond motifs is 4. The molecule has 2 aliphatic rings. The van der Waals surface area contributed by atoms with Crippen LogP contribution in [-0.2, 0) is 0 Å². The van der Waals surface area contributed by atoms with Gasteiger partial charge in [0.25, 0.3) is 0 Å². The van der Waals surface area contributed by atoms with E-state index < -0.39 is 5.72 Å². The minimum absolute atomic E-state index is 0.143. The van der Waals surface area contributed by atoms with E-state index in [0.717, 1.165) is 12.0 Å². The number of rotatable bonds is 2. The van der Waals surface area contributed by atoms with E-state index in [9.17, 15) is 9.18 Å². The average Bonchev–Trinajstić information content (AvgIpc) is 2.35. The Morgan fingerprint density at radius 1 is 1.58 bits per heavy atom. The van der Waals surface area contributed by atoms with Gasteiger partial charge in [-0.25, -0.2) is 9.18 Å². The number of nitrogens with zero attached hydrogens (tertiary/aromatic N) is 1. The number of benzene rings is 1. The number of carbonyl (C=O) groups is 1. The summed E-state index contributed by atoms with van der Waals surface area (Å²) in [6.45, 7) is 4.58. The summed E-state index contributed by atoms with van der Waals surface area (Å²) in [5, 5.41) is 2.93. The summed E-state index contributed by atoms with van der Waals surface area (Å²) in [5.74, 6) is 0.345. The second-order valence-electron chi connectivity index (χ2n) is 5.32. The quantitative estimate of drug-likeness (QED) is 0.892. The third kappa shape index (κ3) is 1.84. The van der Waals surface area contributed by atoms with Gasteiger partial charge in [0.2, 0.25) is 0 Å². The molecule has 2 bridgehead atoms. The second kappa shape index (κ2) is 4.11. The number of nitrogens with one attached hydrogen (secondary N) is 1. The summed E-state index contributed by atoms with van der Waals surface area (Å²) >= 11 is 0. The molecule has 2 aliphatic heterocycles. The number of urea groups is 1. The Labute approximate surface area is 111 Å². The third-order valence-corrected chi connectivity index (χ3v) is 3.82. The second-order valence-corrected chi connectivity index (χ2v) is 5.32. The summed E-state index contributed by atoms with van der Waals surface area (Å²) in [6, 6.07) is 4.14. The third-order valence-electron chi connectivity index (χ3n) is 3.82. The number of ether oxygens (including phenoxy) is 1. The van der Waals surface area contributed by atoms with Gasteiger partial charge in [-0.2, -0.15) is 0 Å². The summed E-state index contributed by atoms with van der Waals surface area (Å²) in [7, 11) is 0. The molecule has 5 heteroatoms. The molecule has 19 heavy (non-hydrogen) atoms. The highest BCUT2D eigenvalue weighted by Gasteiger charge is 2.48. The Morgan fingerprint density at radius 2 is 2.37 bits per heavy atom. The summed E-state index contributed by atoms with van der Waals surface area (Å²) in [5.41, 5.74) is 0.0790. The van der Waals surface area contributed by atoms with Crippen molar-refractivity contribution in [2.24, 2.45) is 0 Å². The lowest BCUT2D eigenvalue weighted by Crippen LogP contribution is -2.64. The van der Waals surface area contributed by atoms with Crippen LogP contribution < -0.4 is 10.1 Å². The molecule has 0 spiro atoms. The zero-order valence-corrected chi connectivity index (χ0v) is 11.1. The summed E-state index contributed by atoms with van der Waals surface area (Å²) in [6.07, 6.45) is 1.50. The maximum absolute atomic E-state index is 13.3. The Bertz CT molecular complexity index is 534. The predicted octanol–water partition coefficient (Wildman–Crippen LogP) is 2.80. The van der Waals surface area contributed by atoms with E-state index in [-0.39, 0.29) is 17.9 Å². The molecule has 2 unspecified atom stereocenters. The first-order valence-corrected chi connectivity index (χ1v) is 6.60. The molecule has 1 aromatic carbocycles.